The summed E-state index contributed by atoms with van der Waals surface area (Å²) in [6.45, 7) is 6.98. The van der Waals surface area contributed by atoms with E-state index in [0.29, 0.717) is 24.0 Å². The van der Waals surface area contributed by atoms with Crippen LogP contribution in [0, 0.1) is 5.41 Å². The second-order valence-corrected chi connectivity index (χ2v) is 7.91. The van der Waals surface area contributed by atoms with Crippen molar-refractivity contribution in [2.24, 2.45) is 11.1 Å². The van der Waals surface area contributed by atoms with Gasteiger partial charge in [0.05, 0.1) is 5.92 Å². The van der Waals surface area contributed by atoms with E-state index in [1.54, 1.807) is 6.20 Å². The van der Waals surface area contributed by atoms with Crippen LogP contribution >= 0.6 is 31.9 Å². The molecule has 0 saturated carbocycles. The van der Waals surface area contributed by atoms with E-state index in [4.69, 9.17) is 10.3 Å². The zero-order valence-corrected chi connectivity index (χ0v) is 15.4. The highest BCUT2D eigenvalue weighted by Crippen LogP contribution is 2.32. The Morgan fingerprint density at radius 3 is 2.62 bits per heavy atom. The lowest BCUT2D eigenvalue weighted by molar-refractivity contribution is 0.287. The Morgan fingerprint density at radius 2 is 2.05 bits per heavy atom. The van der Waals surface area contributed by atoms with Gasteiger partial charge >= 0.3 is 0 Å². The summed E-state index contributed by atoms with van der Waals surface area (Å²) in [6.07, 6.45) is 2.59. The molecule has 0 fully saturated rings. The third-order valence-electron chi connectivity index (χ3n) is 2.95. The molecule has 2 aromatic rings. The van der Waals surface area contributed by atoms with Crippen molar-refractivity contribution in [2.45, 2.75) is 33.1 Å². The molecule has 0 aromatic carbocycles. The first kappa shape index (κ1) is 16.6. The standard InChI is InChI=1S/C14H18Br2N4O/c1-14(2,3)5-8(6-17)13-19-12(20-21-13)11-10(16)4-9(15)7-18-11/h4,7-8H,5-6,17H2,1-3H3. The molecule has 5 nitrogen and oxygen atoms in total. The minimum Gasteiger partial charge on any atom is -0.339 e. The molecule has 0 bridgehead atoms. The molecule has 0 aliphatic carbocycles. The molecule has 0 aliphatic heterocycles. The molecule has 2 aromatic heterocycles. The molecule has 0 aliphatic rings. The molecule has 0 amide bonds. The normalized spacial score (nSPS) is 13.4. The molecule has 0 saturated heterocycles. The van der Waals surface area contributed by atoms with Gasteiger partial charge in [-0.1, -0.05) is 25.9 Å². The van der Waals surface area contributed by atoms with Gasteiger partial charge in [0.1, 0.15) is 5.69 Å². The Bertz CT molecular complexity index is 622. The van der Waals surface area contributed by atoms with Crippen LogP contribution in [0.5, 0.6) is 0 Å². The Hall–Kier alpha value is -0.790. The summed E-state index contributed by atoms with van der Waals surface area (Å²) in [7, 11) is 0. The molecule has 0 radical (unpaired) electrons. The van der Waals surface area contributed by atoms with Crippen LogP contribution < -0.4 is 5.73 Å². The summed E-state index contributed by atoms with van der Waals surface area (Å²) < 4.78 is 7.08. The predicted octanol–water partition coefficient (Wildman–Crippen LogP) is 4.14. The van der Waals surface area contributed by atoms with E-state index in [1.807, 2.05) is 6.07 Å². The number of nitrogens with zero attached hydrogens (tertiary/aromatic N) is 3. The lowest BCUT2D eigenvalue weighted by Gasteiger charge is -2.22. The number of rotatable bonds is 4. The van der Waals surface area contributed by atoms with Crippen molar-refractivity contribution >= 4 is 31.9 Å². The largest absolute Gasteiger partial charge is 0.339 e. The van der Waals surface area contributed by atoms with Gasteiger partial charge in [-0.05, 0) is 49.8 Å². The zero-order chi connectivity index (χ0) is 15.6. The molecule has 114 valence electrons. The minimum atomic E-state index is 0.0560. The highest BCUT2D eigenvalue weighted by Gasteiger charge is 2.25. The minimum absolute atomic E-state index is 0.0560. The summed E-state index contributed by atoms with van der Waals surface area (Å²) in [5.74, 6) is 1.09. The molecule has 1 unspecified atom stereocenters. The summed E-state index contributed by atoms with van der Waals surface area (Å²) >= 11 is 6.83. The first-order valence-corrected chi connectivity index (χ1v) is 8.24. The smallest absolute Gasteiger partial charge is 0.231 e. The van der Waals surface area contributed by atoms with Gasteiger partial charge < -0.3 is 10.3 Å². The van der Waals surface area contributed by atoms with Gasteiger partial charge in [0.2, 0.25) is 11.7 Å². The summed E-state index contributed by atoms with van der Waals surface area (Å²) in [6, 6.07) is 1.90. The number of hydrogen-bond donors (Lipinski definition) is 1. The van der Waals surface area contributed by atoms with Gasteiger partial charge in [-0.2, -0.15) is 4.98 Å². The van der Waals surface area contributed by atoms with Gasteiger partial charge in [-0.15, -0.1) is 0 Å². The summed E-state index contributed by atoms with van der Waals surface area (Å²) in [5.41, 5.74) is 6.65. The topological polar surface area (TPSA) is 77.8 Å². The zero-order valence-electron chi connectivity index (χ0n) is 12.2. The Kier molecular flexibility index (Phi) is 5.16. The van der Waals surface area contributed by atoms with Gasteiger partial charge in [-0.3, -0.25) is 4.98 Å². The maximum Gasteiger partial charge on any atom is 0.231 e. The second-order valence-electron chi connectivity index (χ2n) is 6.14. The molecule has 1 atom stereocenters. The van der Waals surface area contributed by atoms with E-state index in [2.05, 4.69) is 67.8 Å². The van der Waals surface area contributed by atoms with Gasteiger partial charge in [0.25, 0.3) is 0 Å². The van der Waals surface area contributed by atoms with E-state index in [1.165, 1.54) is 0 Å². The SMILES string of the molecule is CC(C)(C)CC(CN)c1nc(-c2ncc(Br)cc2Br)no1. The van der Waals surface area contributed by atoms with Crippen molar-refractivity contribution in [3.63, 3.8) is 0 Å². The van der Waals surface area contributed by atoms with Gasteiger partial charge in [-0.25, -0.2) is 0 Å². The average molecular weight is 418 g/mol. The molecular weight excluding hydrogens is 400 g/mol. The van der Waals surface area contributed by atoms with Crippen molar-refractivity contribution in [3.05, 3.63) is 27.1 Å². The Labute approximate surface area is 141 Å². The van der Waals surface area contributed by atoms with E-state index >= 15 is 0 Å². The average Bonchev–Trinajstić information content (AvgIpc) is 2.84. The van der Waals surface area contributed by atoms with Crippen molar-refractivity contribution in [2.75, 3.05) is 6.54 Å². The molecule has 21 heavy (non-hydrogen) atoms. The molecule has 0 spiro atoms. The van der Waals surface area contributed by atoms with Crippen LogP contribution in [0.2, 0.25) is 0 Å². The van der Waals surface area contributed by atoms with Crippen LogP contribution in [0.3, 0.4) is 0 Å². The fraction of sp³-hybridized carbons (Fsp3) is 0.500. The Morgan fingerprint density at radius 1 is 1.33 bits per heavy atom. The Balaban J connectivity index is 2.28. The lowest BCUT2D eigenvalue weighted by Crippen LogP contribution is -2.19. The fourth-order valence-corrected chi connectivity index (χ4v) is 3.25. The van der Waals surface area contributed by atoms with E-state index in [-0.39, 0.29) is 11.3 Å². The van der Waals surface area contributed by atoms with Crippen molar-refractivity contribution < 1.29 is 4.52 Å². The third-order valence-corrected chi connectivity index (χ3v) is 3.99. The van der Waals surface area contributed by atoms with E-state index in [0.717, 1.165) is 15.4 Å². The number of halogens is 2. The number of nitrogens with two attached hydrogens (primary N) is 1. The van der Waals surface area contributed by atoms with Crippen molar-refractivity contribution in [1.29, 1.82) is 0 Å². The van der Waals surface area contributed by atoms with Gasteiger partial charge in [0.15, 0.2) is 0 Å². The highest BCUT2D eigenvalue weighted by molar-refractivity contribution is 9.11. The maximum absolute atomic E-state index is 5.85. The molecular formula is C14H18Br2N4O. The fourth-order valence-electron chi connectivity index (χ4n) is 2.09. The van der Waals surface area contributed by atoms with Crippen LogP contribution in [-0.2, 0) is 0 Å². The second kappa shape index (κ2) is 6.54. The van der Waals surface area contributed by atoms with E-state index in [9.17, 15) is 0 Å². The van der Waals surface area contributed by atoms with Crippen LogP contribution in [0.1, 0.15) is 39.0 Å². The lowest BCUT2D eigenvalue weighted by atomic mass is 9.84. The van der Waals surface area contributed by atoms with Crippen LogP contribution in [-0.4, -0.2) is 21.7 Å². The number of aromatic nitrogens is 3. The number of pyridine rings is 1. The van der Waals surface area contributed by atoms with Crippen LogP contribution in [0.25, 0.3) is 11.5 Å². The highest BCUT2D eigenvalue weighted by atomic mass is 79.9. The maximum atomic E-state index is 5.85. The van der Waals surface area contributed by atoms with Crippen LogP contribution in [0.15, 0.2) is 25.7 Å². The molecule has 2 heterocycles. The van der Waals surface area contributed by atoms with Crippen molar-refractivity contribution in [3.8, 4) is 11.5 Å². The van der Waals surface area contributed by atoms with Gasteiger partial charge in [0, 0.05) is 21.7 Å². The predicted molar refractivity (Wildman–Crippen MR) is 88.8 cm³/mol. The van der Waals surface area contributed by atoms with E-state index < -0.39 is 0 Å². The number of hydrogen-bond acceptors (Lipinski definition) is 5. The third kappa shape index (κ3) is 4.34. The molecule has 2 rings (SSSR count). The monoisotopic (exact) mass is 416 g/mol. The quantitative estimate of drug-likeness (QED) is 0.808. The van der Waals surface area contributed by atoms with Crippen molar-refractivity contribution in [1.82, 2.24) is 15.1 Å². The molecule has 7 heteroatoms. The molecule has 2 N–H and O–H groups in total. The first-order valence-electron chi connectivity index (χ1n) is 6.65. The van der Waals surface area contributed by atoms with Crippen LogP contribution in [0.4, 0.5) is 0 Å². The summed E-state index contributed by atoms with van der Waals surface area (Å²) in [5, 5.41) is 4.03. The first-order chi connectivity index (χ1) is 9.80. The summed E-state index contributed by atoms with van der Waals surface area (Å²) in [4.78, 5) is 8.77.